The summed E-state index contributed by atoms with van der Waals surface area (Å²) in [5.74, 6) is -2.36. The van der Waals surface area contributed by atoms with Gasteiger partial charge in [0.05, 0.1) is 11.5 Å². The first kappa shape index (κ1) is 14.0. The third-order valence-corrected chi connectivity index (χ3v) is 6.07. The molecule has 1 aromatic heterocycles. The van der Waals surface area contributed by atoms with Gasteiger partial charge in [0.1, 0.15) is 0 Å². The molecule has 106 valence electrons. The van der Waals surface area contributed by atoms with Gasteiger partial charge in [0.2, 0.25) is 10.9 Å². The Kier molecular flexibility index (Phi) is 3.41. The van der Waals surface area contributed by atoms with Crippen molar-refractivity contribution in [1.29, 1.82) is 0 Å². The number of aromatic carboxylic acids is 1. The Hall–Kier alpha value is -1.39. The van der Waals surface area contributed by atoms with E-state index in [0.29, 0.717) is 0 Å². The van der Waals surface area contributed by atoms with E-state index in [9.17, 15) is 21.6 Å². The molecule has 19 heavy (non-hydrogen) atoms. The molecule has 2 rings (SSSR count). The van der Waals surface area contributed by atoms with Crippen molar-refractivity contribution in [2.45, 2.75) is 5.09 Å². The van der Waals surface area contributed by atoms with Gasteiger partial charge in [-0.25, -0.2) is 21.6 Å². The summed E-state index contributed by atoms with van der Waals surface area (Å²) in [5.41, 5.74) is 0. The van der Waals surface area contributed by atoms with Crippen molar-refractivity contribution < 1.29 is 31.2 Å². The van der Waals surface area contributed by atoms with Gasteiger partial charge in [0.15, 0.2) is 9.84 Å². The average Bonchev–Trinajstić information content (AvgIpc) is 2.78. The van der Waals surface area contributed by atoms with Crippen molar-refractivity contribution >= 4 is 25.8 Å². The lowest BCUT2D eigenvalue weighted by Gasteiger charge is -2.24. The smallest absolute Gasteiger partial charge is 0.371 e. The first-order chi connectivity index (χ1) is 8.72. The lowest BCUT2D eigenvalue weighted by Crippen LogP contribution is -2.43. The summed E-state index contributed by atoms with van der Waals surface area (Å²) in [6.07, 6.45) is 0. The Morgan fingerprint density at radius 2 is 1.84 bits per heavy atom. The molecule has 0 radical (unpaired) electrons. The molecule has 1 aromatic rings. The van der Waals surface area contributed by atoms with E-state index in [1.54, 1.807) is 0 Å². The van der Waals surface area contributed by atoms with E-state index < -0.39 is 36.7 Å². The minimum atomic E-state index is -3.99. The standard InChI is InChI=1S/C9H11NO7S2/c11-9(12)7-1-2-8(17-7)19(15,16)10-3-5-18(13,14)6-4-10/h1-2H,3-6H2,(H,11,12). The van der Waals surface area contributed by atoms with Crippen molar-refractivity contribution in [2.24, 2.45) is 0 Å². The molecule has 0 atom stereocenters. The summed E-state index contributed by atoms with van der Waals surface area (Å²) in [4.78, 5) is 10.6. The van der Waals surface area contributed by atoms with Crippen LogP contribution in [0.5, 0.6) is 0 Å². The molecule has 8 nitrogen and oxygen atoms in total. The Morgan fingerprint density at radius 3 is 2.32 bits per heavy atom. The fourth-order valence-corrected chi connectivity index (χ4v) is 4.42. The number of carbonyl (C=O) groups is 1. The second-order valence-electron chi connectivity index (χ2n) is 3.98. The molecule has 1 N–H and O–H groups in total. The van der Waals surface area contributed by atoms with Crippen molar-refractivity contribution in [1.82, 2.24) is 4.31 Å². The summed E-state index contributed by atoms with van der Waals surface area (Å²) in [5, 5.41) is 8.17. The van der Waals surface area contributed by atoms with Crippen LogP contribution < -0.4 is 0 Å². The molecule has 1 aliphatic heterocycles. The lowest BCUT2D eigenvalue weighted by molar-refractivity contribution is 0.0656. The van der Waals surface area contributed by atoms with Crippen molar-refractivity contribution in [3.05, 3.63) is 17.9 Å². The zero-order valence-corrected chi connectivity index (χ0v) is 11.3. The maximum absolute atomic E-state index is 12.1. The van der Waals surface area contributed by atoms with Crippen LogP contribution >= 0.6 is 0 Å². The molecule has 0 spiro atoms. The van der Waals surface area contributed by atoms with Crippen LogP contribution in [-0.4, -0.2) is 56.8 Å². The maximum atomic E-state index is 12.1. The highest BCUT2D eigenvalue weighted by molar-refractivity contribution is 7.92. The minimum Gasteiger partial charge on any atom is -0.475 e. The van der Waals surface area contributed by atoms with Crippen molar-refractivity contribution in [3.63, 3.8) is 0 Å². The van der Waals surface area contributed by atoms with Gasteiger partial charge in [-0.2, -0.15) is 4.31 Å². The zero-order chi connectivity index (χ0) is 14.3. The lowest BCUT2D eigenvalue weighted by atomic mass is 10.5. The third-order valence-electron chi connectivity index (χ3n) is 2.69. The van der Waals surface area contributed by atoms with Gasteiger partial charge in [-0.15, -0.1) is 0 Å². The number of rotatable bonds is 3. The van der Waals surface area contributed by atoms with Gasteiger partial charge >= 0.3 is 5.97 Å². The quantitative estimate of drug-likeness (QED) is 0.790. The van der Waals surface area contributed by atoms with Gasteiger partial charge in [0.25, 0.3) is 10.0 Å². The summed E-state index contributed by atoms with van der Waals surface area (Å²) < 4.78 is 52.3. The second-order valence-corrected chi connectivity index (χ2v) is 8.15. The minimum absolute atomic E-state index is 0.159. The summed E-state index contributed by atoms with van der Waals surface area (Å²) in [6, 6.07) is 2.08. The predicted molar refractivity (Wildman–Crippen MR) is 63.1 cm³/mol. The topological polar surface area (TPSA) is 122 Å². The van der Waals surface area contributed by atoms with Gasteiger partial charge in [-0.05, 0) is 12.1 Å². The molecule has 10 heteroatoms. The normalized spacial score (nSPS) is 20.2. The fourth-order valence-electron chi connectivity index (χ4n) is 1.64. The predicted octanol–water partition coefficient (Wildman–Crippen LogP) is -0.603. The van der Waals surface area contributed by atoms with Crippen molar-refractivity contribution in [2.75, 3.05) is 24.6 Å². The molecule has 0 aromatic carbocycles. The molecule has 1 aliphatic rings. The molecule has 0 unspecified atom stereocenters. The van der Waals surface area contributed by atoms with Crippen LogP contribution in [0.4, 0.5) is 0 Å². The second kappa shape index (κ2) is 4.62. The van der Waals surface area contributed by atoms with Gasteiger partial charge in [0, 0.05) is 13.1 Å². The number of carboxylic acid groups (broad SMARTS) is 1. The number of nitrogens with zero attached hydrogens (tertiary/aromatic N) is 1. The van der Waals surface area contributed by atoms with Crippen LogP contribution in [-0.2, 0) is 19.9 Å². The highest BCUT2D eigenvalue weighted by atomic mass is 32.2. The van der Waals surface area contributed by atoms with E-state index in [2.05, 4.69) is 0 Å². The first-order valence-electron chi connectivity index (χ1n) is 5.26. The van der Waals surface area contributed by atoms with E-state index in [-0.39, 0.29) is 24.6 Å². The summed E-state index contributed by atoms with van der Waals surface area (Å²) in [7, 11) is -7.18. The Labute approximate surface area is 109 Å². The molecule has 1 fully saturated rings. The molecule has 0 aliphatic carbocycles. The molecule has 1 saturated heterocycles. The molecule has 0 saturated carbocycles. The number of hydrogen-bond donors (Lipinski definition) is 1. The molecule has 0 bridgehead atoms. The van der Waals surface area contributed by atoms with Gasteiger partial charge in [-0.3, -0.25) is 0 Å². The van der Waals surface area contributed by atoms with Gasteiger partial charge in [-0.1, -0.05) is 0 Å². The number of carboxylic acids is 1. The van der Waals surface area contributed by atoms with E-state index >= 15 is 0 Å². The van der Waals surface area contributed by atoms with Crippen LogP contribution in [0.25, 0.3) is 0 Å². The highest BCUT2D eigenvalue weighted by Gasteiger charge is 2.33. The Morgan fingerprint density at radius 1 is 1.26 bits per heavy atom. The maximum Gasteiger partial charge on any atom is 0.371 e. The average molecular weight is 309 g/mol. The fraction of sp³-hybridized carbons (Fsp3) is 0.444. The van der Waals surface area contributed by atoms with Crippen molar-refractivity contribution in [3.8, 4) is 0 Å². The summed E-state index contributed by atoms with van der Waals surface area (Å²) in [6.45, 7) is -0.318. The Bertz CT molecular complexity index is 687. The van der Waals surface area contributed by atoms with E-state index in [0.717, 1.165) is 16.4 Å². The number of sulfonamides is 1. The van der Waals surface area contributed by atoms with E-state index in [4.69, 9.17) is 9.52 Å². The SMILES string of the molecule is O=C(O)c1ccc(S(=O)(=O)N2CCS(=O)(=O)CC2)o1. The van der Waals surface area contributed by atoms with Crippen LogP contribution in [0.15, 0.2) is 21.6 Å². The number of hydrogen-bond acceptors (Lipinski definition) is 6. The number of sulfone groups is 1. The monoisotopic (exact) mass is 309 g/mol. The Balaban J connectivity index is 2.25. The third kappa shape index (κ3) is 2.80. The molecular weight excluding hydrogens is 298 g/mol. The van der Waals surface area contributed by atoms with Crippen LogP contribution in [0, 0.1) is 0 Å². The van der Waals surface area contributed by atoms with E-state index in [1.807, 2.05) is 0 Å². The first-order valence-corrected chi connectivity index (χ1v) is 8.52. The zero-order valence-electron chi connectivity index (χ0n) is 9.64. The molecule has 0 amide bonds. The molecule has 2 heterocycles. The van der Waals surface area contributed by atoms with Crippen LogP contribution in [0.1, 0.15) is 10.6 Å². The molecular formula is C9H11NO7S2. The van der Waals surface area contributed by atoms with Crippen LogP contribution in [0.2, 0.25) is 0 Å². The van der Waals surface area contributed by atoms with E-state index in [1.165, 1.54) is 0 Å². The summed E-state index contributed by atoms with van der Waals surface area (Å²) >= 11 is 0. The van der Waals surface area contributed by atoms with Crippen LogP contribution in [0.3, 0.4) is 0 Å². The number of furan rings is 1. The van der Waals surface area contributed by atoms with Gasteiger partial charge < -0.3 is 9.52 Å². The highest BCUT2D eigenvalue weighted by Crippen LogP contribution is 2.20. The largest absolute Gasteiger partial charge is 0.475 e.